The Labute approximate surface area is 162 Å². The molecule has 0 aliphatic heterocycles. The second kappa shape index (κ2) is 5.61. The summed E-state index contributed by atoms with van der Waals surface area (Å²) in [5.41, 5.74) is -1.34. The molecule has 1 aromatic rings. The maximum atomic E-state index is 12.1. The van der Waals surface area contributed by atoms with Crippen LogP contribution in [0.25, 0.3) is 0 Å². The van der Waals surface area contributed by atoms with E-state index in [4.69, 9.17) is 4.42 Å². The zero-order chi connectivity index (χ0) is 19.1. The number of aliphatic hydroxyl groups is 3. The van der Waals surface area contributed by atoms with Crippen LogP contribution in [0.5, 0.6) is 0 Å². The highest BCUT2D eigenvalue weighted by Gasteiger charge is 2.72. The lowest BCUT2D eigenvalue weighted by Gasteiger charge is -2.64. The molecule has 4 aliphatic carbocycles. The van der Waals surface area contributed by atoms with Gasteiger partial charge in [0.25, 0.3) is 0 Å². The lowest BCUT2D eigenvalue weighted by atomic mass is 9.43. The maximum absolute atomic E-state index is 12.1. The maximum Gasteiger partial charge on any atom is 0.101 e. The Kier molecular flexibility index (Phi) is 3.78. The number of hydrogen-bond acceptors (Lipinski definition) is 4. The number of furan rings is 1. The molecule has 27 heavy (non-hydrogen) atoms. The van der Waals surface area contributed by atoms with Gasteiger partial charge in [0, 0.05) is 11.0 Å². The van der Waals surface area contributed by atoms with Crippen LogP contribution in [0.2, 0.25) is 0 Å². The molecule has 0 unspecified atom stereocenters. The molecule has 4 aliphatic rings. The summed E-state index contributed by atoms with van der Waals surface area (Å²) in [7, 11) is 0. The average molecular weight is 375 g/mol. The Morgan fingerprint density at radius 3 is 2.52 bits per heavy atom. The van der Waals surface area contributed by atoms with E-state index in [0.717, 1.165) is 50.5 Å². The first-order valence-electron chi connectivity index (χ1n) is 10.9. The first-order chi connectivity index (χ1) is 12.7. The predicted molar refractivity (Wildman–Crippen MR) is 102 cm³/mol. The SMILES string of the molecule is C[C@@]12CC[C@H](O)C[C@H]1CC[C@@H]1[C@@H]2CC[C@]2(C)[C@@](O)(c3ccoc3)CC[C@]12O. The fourth-order valence-corrected chi connectivity index (χ4v) is 8.18. The molecule has 150 valence electrons. The first kappa shape index (κ1) is 18.2. The minimum absolute atomic E-state index is 0.144. The van der Waals surface area contributed by atoms with Gasteiger partial charge in [-0.1, -0.05) is 13.8 Å². The molecule has 0 bridgehead atoms. The third-order valence-corrected chi connectivity index (χ3v) is 9.97. The predicted octanol–water partition coefficient (Wildman–Crippen LogP) is 3.99. The Balaban J connectivity index is 1.52. The summed E-state index contributed by atoms with van der Waals surface area (Å²) in [6, 6.07) is 1.86. The molecule has 0 amide bonds. The zero-order valence-corrected chi connectivity index (χ0v) is 16.7. The van der Waals surface area contributed by atoms with Crippen molar-refractivity contribution in [3.8, 4) is 0 Å². The molecule has 1 aromatic heterocycles. The van der Waals surface area contributed by atoms with Crippen molar-refractivity contribution in [3.05, 3.63) is 24.2 Å². The van der Waals surface area contributed by atoms with E-state index in [0.29, 0.717) is 24.7 Å². The number of hydrogen-bond donors (Lipinski definition) is 3. The van der Waals surface area contributed by atoms with Crippen molar-refractivity contribution in [2.75, 3.05) is 0 Å². The van der Waals surface area contributed by atoms with Crippen LogP contribution in [0.4, 0.5) is 0 Å². The molecule has 5 rings (SSSR count). The van der Waals surface area contributed by atoms with Crippen molar-refractivity contribution >= 4 is 0 Å². The number of aliphatic hydroxyl groups excluding tert-OH is 1. The smallest absolute Gasteiger partial charge is 0.101 e. The van der Waals surface area contributed by atoms with Crippen LogP contribution >= 0.6 is 0 Å². The Morgan fingerprint density at radius 2 is 1.78 bits per heavy atom. The lowest BCUT2D eigenvalue weighted by Crippen LogP contribution is -2.64. The van der Waals surface area contributed by atoms with Crippen LogP contribution in [-0.2, 0) is 5.60 Å². The molecule has 4 nitrogen and oxygen atoms in total. The van der Waals surface area contributed by atoms with Crippen LogP contribution in [0, 0.1) is 28.6 Å². The van der Waals surface area contributed by atoms with Crippen molar-refractivity contribution in [2.45, 2.75) is 88.9 Å². The molecular weight excluding hydrogens is 340 g/mol. The van der Waals surface area contributed by atoms with E-state index in [1.807, 2.05) is 6.07 Å². The van der Waals surface area contributed by atoms with Crippen molar-refractivity contribution < 1.29 is 19.7 Å². The lowest BCUT2D eigenvalue weighted by molar-refractivity contribution is -0.238. The minimum Gasteiger partial charge on any atom is -0.472 e. The van der Waals surface area contributed by atoms with Gasteiger partial charge in [-0.05, 0) is 87.0 Å². The van der Waals surface area contributed by atoms with Gasteiger partial charge in [0.2, 0.25) is 0 Å². The Bertz CT molecular complexity index is 716. The highest BCUT2D eigenvalue weighted by molar-refractivity contribution is 5.30. The summed E-state index contributed by atoms with van der Waals surface area (Å²) in [6.45, 7) is 4.53. The van der Waals surface area contributed by atoms with Gasteiger partial charge < -0.3 is 19.7 Å². The second-order valence-electron chi connectivity index (χ2n) is 10.6. The topological polar surface area (TPSA) is 73.8 Å². The number of rotatable bonds is 1. The van der Waals surface area contributed by atoms with Crippen molar-refractivity contribution in [1.29, 1.82) is 0 Å². The van der Waals surface area contributed by atoms with Crippen LogP contribution in [0.15, 0.2) is 23.0 Å². The summed E-state index contributed by atoms with van der Waals surface area (Å²) in [5, 5.41) is 34.0. The molecule has 4 saturated carbocycles. The molecule has 0 spiro atoms. The van der Waals surface area contributed by atoms with E-state index in [9.17, 15) is 15.3 Å². The van der Waals surface area contributed by atoms with Crippen molar-refractivity contribution in [3.63, 3.8) is 0 Å². The molecule has 4 fully saturated rings. The number of fused-ring (bicyclic) bond motifs is 5. The van der Waals surface area contributed by atoms with Gasteiger partial charge in [0.1, 0.15) is 5.60 Å². The normalized spacial score (nSPS) is 54.9. The summed E-state index contributed by atoms with van der Waals surface area (Å²) in [5.74, 6) is 1.31. The summed E-state index contributed by atoms with van der Waals surface area (Å²) < 4.78 is 5.29. The van der Waals surface area contributed by atoms with E-state index < -0.39 is 16.6 Å². The van der Waals surface area contributed by atoms with Crippen LogP contribution in [0.3, 0.4) is 0 Å². The van der Waals surface area contributed by atoms with Crippen LogP contribution in [-0.4, -0.2) is 27.0 Å². The quantitative estimate of drug-likeness (QED) is 0.695. The standard InChI is InChI=1S/C23H34O4/c1-20-8-5-17(24)13-15(20)3-4-19-18(20)6-9-21(2)22(25,10-11-23(19,21)26)16-7-12-27-14-16/h7,12,14-15,17-19,24-26H,3-6,8-11,13H2,1-2H3/t15-,17+,18+,19-,20-,21-,22+,23+/m1/s1. The molecule has 3 N–H and O–H groups in total. The molecular formula is C23H34O4. The van der Waals surface area contributed by atoms with E-state index >= 15 is 0 Å². The van der Waals surface area contributed by atoms with E-state index in [1.54, 1.807) is 12.5 Å². The monoisotopic (exact) mass is 374 g/mol. The molecule has 0 aromatic carbocycles. The summed E-state index contributed by atoms with van der Waals surface area (Å²) in [4.78, 5) is 0. The largest absolute Gasteiger partial charge is 0.472 e. The fourth-order valence-electron chi connectivity index (χ4n) is 8.18. The second-order valence-corrected chi connectivity index (χ2v) is 10.6. The Morgan fingerprint density at radius 1 is 0.963 bits per heavy atom. The summed E-state index contributed by atoms with van der Waals surface area (Å²) in [6.07, 6.45) is 11.3. The van der Waals surface area contributed by atoms with Gasteiger partial charge in [0.15, 0.2) is 0 Å². The van der Waals surface area contributed by atoms with Gasteiger partial charge >= 0.3 is 0 Å². The van der Waals surface area contributed by atoms with Crippen LogP contribution < -0.4 is 0 Å². The average Bonchev–Trinajstić information content (AvgIpc) is 3.24. The zero-order valence-electron chi connectivity index (χ0n) is 16.7. The van der Waals surface area contributed by atoms with E-state index in [1.165, 1.54) is 0 Å². The van der Waals surface area contributed by atoms with Gasteiger partial charge in [-0.2, -0.15) is 0 Å². The minimum atomic E-state index is -1.01. The highest BCUT2D eigenvalue weighted by Crippen LogP contribution is 2.71. The first-order valence-corrected chi connectivity index (χ1v) is 10.9. The highest BCUT2D eigenvalue weighted by atomic mass is 16.3. The van der Waals surface area contributed by atoms with Gasteiger partial charge in [-0.15, -0.1) is 0 Å². The third-order valence-electron chi connectivity index (χ3n) is 9.97. The Hall–Kier alpha value is -0.840. The fraction of sp³-hybridized carbons (Fsp3) is 0.826. The van der Waals surface area contributed by atoms with Gasteiger partial charge in [0.05, 0.1) is 24.2 Å². The van der Waals surface area contributed by atoms with Crippen LogP contribution in [0.1, 0.15) is 77.2 Å². The van der Waals surface area contributed by atoms with E-state index in [-0.39, 0.29) is 17.4 Å². The van der Waals surface area contributed by atoms with Crippen molar-refractivity contribution in [1.82, 2.24) is 0 Å². The van der Waals surface area contributed by atoms with Gasteiger partial charge in [-0.3, -0.25) is 0 Å². The summed E-state index contributed by atoms with van der Waals surface area (Å²) >= 11 is 0. The van der Waals surface area contributed by atoms with E-state index in [2.05, 4.69) is 13.8 Å². The van der Waals surface area contributed by atoms with Gasteiger partial charge in [-0.25, -0.2) is 0 Å². The molecule has 4 heteroatoms. The molecule has 1 heterocycles. The molecule has 0 saturated heterocycles. The third kappa shape index (κ3) is 2.10. The van der Waals surface area contributed by atoms with Crippen molar-refractivity contribution in [2.24, 2.45) is 28.6 Å². The molecule has 8 atom stereocenters. The molecule has 0 radical (unpaired) electrons.